The van der Waals surface area contributed by atoms with E-state index in [9.17, 15) is 9.59 Å². The Hall–Kier alpha value is -4.28. The first-order valence-corrected chi connectivity index (χ1v) is 13.6. The molecule has 1 aliphatic carbocycles. The molecule has 212 valence electrons. The number of ether oxygens (including phenoxy) is 2. The van der Waals surface area contributed by atoms with Crippen LogP contribution in [0.2, 0.25) is 0 Å². The van der Waals surface area contributed by atoms with Gasteiger partial charge in [-0.25, -0.2) is 4.99 Å². The Morgan fingerprint density at radius 3 is 2.42 bits per heavy atom. The van der Waals surface area contributed by atoms with Crippen LogP contribution in [0.25, 0.3) is 0 Å². The second-order valence-corrected chi connectivity index (χ2v) is 10.0. The predicted octanol–water partition coefficient (Wildman–Crippen LogP) is 3.50. The third kappa shape index (κ3) is 8.11. The second-order valence-electron chi connectivity index (χ2n) is 10.0. The molecule has 1 saturated carbocycles. The Morgan fingerprint density at radius 1 is 1.02 bits per heavy atom. The van der Waals surface area contributed by atoms with Gasteiger partial charge >= 0.3 is 0 Å². The summed E-state index contributed by atoms with van der Waals surface area (Å²) in [4.78, 5) is 30.4. The maximum Gasteiger partial charge on any atom is 0.245 e. The molecule has 4 rings (SSSR count). The zero-order valence-electron chi connectivity index (χ0n) is 23.1. The molecule has 2 aromatic rings. The number of nitrogens with zero attached hydrogens (tertiary/aromatic N) is 4. The number of benzene rings is 2. The molecule has 11 heteroatoms. The Morgan fingerprint density at radius 2 is 1.75 bits per heavy atom. The van der Waals surface area contributed by atoms with Crippen molar-refractivity contribution < 1.29 is 19.1 Å². The zero-order valence-corrected chi connectivity index (χ0v) is 23.1. The molecular weight excluding hydrogens is 510 g/mol. The third-order valence-electron chi connectivity index (χ3n) is 7.16. The van der Waals surface area contributed by atoms with E-state index in [0.29, 0.717) is 36.9 Å². The minimum Gasteiger partial charge on any atom is -0.493 e. The van der Waals surface area contributed by atoms with Crippen molar-refractivity contribution in [3.63, 3.8) is 0 Å². The van der Waals surface area contributed by atoms with Crippen molar-refractivity contribution in [2.75, 3.05) is 20.8 Å². The van der Waals surface area contributed by atoms with Gasteiger partial charge in [-0.15, -0.1) is 5.10 Å². The largest absolute Gasteiger partial charge is 0.493 e. The number of aliphatic imine (C=N–C) groups is 1. The van der Waals surface area contributed by atoms with Gasteiger partial charge in [0.15, 0.2) is 17.5 Å². The standard InChI is InChI=1S/C29H37N7O4/c1-39-25-13-10-21(15-26(25)40-2)16-27(37)34-29(30)33-23(14-19-6-4-3-5-7-19)28(38)31-17-20-8-11-22(12-9-20)24-18-32-36-35-24/h8-13,15,19,23H,3-7,14,16-18H2,1-2H3,(H,31,38)(H3,30,33,34,37)/t23-/m1/s1. The zero-order chi connectivity index (χ0) is 28.3. The van der Waals surface area contributed by atoms with E-state index in [-0.39, 0.29) is 24.2 Å². The van der Waals surface area contributed by atoms with E-state index in [0.717, 1.165) is 48.1 Å². The summed E-state index contributed by atoms with van der Waals surface area (Å²) in [6.07, 6.45) is 6.31. The molecule has 4 N–H and O–H groups in total. The minimum absolute atomic E-state index is 0.0701. The molecule has 2 aromatic carbocycles. The van der Waals surface area contributed by atoms with Crippen LogP contribution in [0.5, 0.6) is 11.5 Å². The summed E-state index contributed by atoms with van der Waals surface area (Å²) in [6.45, 7) is 0.825. The number of hydrogen-bond acceptors (Lipinski definition) is 8. The van der Waals surface area contributed by atoms with Crippen molar-refractivity contribution in [3.05, 3.63) is 59.2 Å². The lowest BCUT2D eigenvalue weighted by Crippen LogP contribution is -2.42. The lowest BCUT2D eigenvalue weighted by atomic mass is 9.84. The first kappa shape index (κ1) is 28.7. The maximum absolute atomic E-state index is 13.3. The molecule has 0 bridgehead atoms. The molecule has 0 spiro atoms. The van der Waals surface area contributed by atoms with Gasteiger partial charge < -0.3 is 20.5 Å². The van der Waals surface area contributed by atoms with E-state index >= 15 is 0 Å². The van der Waals surface area contributed by atoms with Crippen molar-refractivity contribution >= 4 is 23.5 Å². The fourth-order valence-electron chi connectivity index (χ4n) is 5.01. The first-order chi connectivity index (χ1) is 19.4. The predicted molar refractivity (Wildman–Crippen MR) is 153 cm³/mol. The van der Waals surface area contributed by atoms with Crippen LogP contribution in [-0.4, -0.2) is 50.3 Å². The Bertz CT molecular complexity index is 1270. The number of carbonyl (C=O) groups excluding carboxylic acids is 2. The molecule has 1 aliphatic heterocycles. The number of amides is 2. The van der Waals surface area contributed by atoms with Crippen LogP contribution >= 0.6 is 0 Å². The smallest absolute Gasteiger partial charge is 0.245 e. The highest BCUT2D eigenvalue weighted by molar-refractivity contribution is 6.02. The molecule has 1 heterocycles. The van der Waals surface area contributed by atoms with Gasteiger partial charge in [-0.3, -0.25) is 14.9 Å². The molecule has 11 nitrogen and oxygen atoms in total. The highest BCUT2D eigenvalue weighted by Gasteiger charge is 2.25. The number of nitrogens with one attached hydrogen (secondary N) is 2. The van der Waals surface area contributed by atoms with Gasteiger partial charge in [0, 0.05) is 6.54 Å². The van der Waals surface area contributed by atoms with Crippen molar-refractivity contribution in [1.82, 2.24) is 10.6 Å². The molecule has 1 atom stereocenters. The summed E-state index contributed by atoms with van der Waals surface area (Å²) in [5.74, 6) is 0.883. The lowest BCUT2D eigenvalue weighted by molar-refractivity contribution is -0.123. The molecule has 0 aromatic heterocycles. The highest BCUT2D eigenvalue weighted by atomic mass is 16.5. The van der Waals surface area contributed by atoms with Gasteiger partial charge in [0.25, 0.3) is 0 Å². The number of guanidine groups is 1. The average Bonchev–Trinajstić information content (AvgIpc) is 3.51. The SMILES string of the molecule is COc1ccc(CC(=O)NC(N)=N[C@H](CC2CCCCC2)C(=O)NCc2ccc(C3=NN=NC3)cc2)cc1OC. The summed E-state index contributed by atoms with van der Waals surface area (Å²) in [7, 11) is 3.09. The first-order valence-electron chi connectivity index (χ1n) is 13.6. The third-order valence-corrected chi connectivity index (χ3v) is 7.16. The van der Waals surface area contributed by atoms with Gasteiger partial charge in [-0.1, -0.05) is 62.4 Å². The molecule has 2 aliphatic rings. The van der Waals surface area contributed by atoms with Crippen molar-refractivity contribution in [1.29, 1.82) is 0 Å². The second kappa shape index (κ2) is 14.2. The summed E-state index contributed by atoms with van der Waals surface area (Å²) >= 11 is 0. The molecule has 1 fully saturated rings. The molecule has 0 unspecified atom stereocenters. The van der Waals surface area contributed by atoms with Crippen molar-refractivity contribution in [3.8, 4) is 11.5 Å². The van der Waals surface area contributed by atoms with Gasteiger partial charge in [0.05, 0.1) is 26.4 Å². The van der Waals surface area contributed by atoms with Crippen molar-refractivity contribution in [2.45, 2.75) is 57.5 Å². The number of carbonyl (C=O) groups is 2. The van der Waals surface area contributed by atoms with E-state index in [1.165, 1.54) is 13.5 Å². The number of hydrogen-bond donors (Lipinski definition) is 3. The molecule has 40 heavy (non-hydrogen) atoms. The number of nitrogens with two attached hydrogens (primary N) is 1. The van der Waals surface area contributed by atoms with Gasteiger partial charge in [-0.05, 0) is 46.4 Å². The van der Waals surface area contributed by atoms with Crippen LogP contribution in [0.4, 0.5) is 0 Å². The number of rotatable bonds is 11. The molecule has 2 amide bonds. The normalized spacial score (nSPS) is 16.2. The van der Waals surface area contributed by atoms with E-state index in [2.05, 4.69) is 31.1 Å². The summed E-state index contributed by atoms with van der Waals surface area (Å²) in [5, 5.41) is 17.2. The Balaban J connectivity index is 1.37. The Labute approximate surface area is 234 Å². The lowest BCUT2D eigenvalue weighted by Gasteiger charge is -2.24. The fraction of sp³-hybridized carbons (Fsp3) is 0.448. The molecular formula is C29H37N7O4. The summed E-state index contributed by atoms with van der Waals surface area (Å²) < 4.78 is 10.6. The van der Waals surface area contributed by atoms with Crippen LogP contribution in [-0.2, 0) is 22.6 Å². The topological polar surface area (TPSA) is 152 Å². The van der Waals surface area contributed by atoms with Gasteiger partial charge in [0.1, 0.15) is 12.6 Å². The highest BCUT2D eigenvalue weighted by Crippen LogP contribution is 2.29. The number of methoxy groups -OCH3 is 2. The van der Waals surface area contributed by atoms with Crippen LogP contribution in [0.3, 0.4) is 0 Å². The summed E-state index contributed by atoms with van der Waals surface area (Å²) in [5.41, 5.74) is 9.58. The fourth-order valence-corrected chi connectivity index (χ4v) is 5.01. The average molecular weight is 548 g/mol. The van der Waals surface area contributed by atoms with E-state index in [4.69, 9.17) is 15.2 Å². The van der Waals surface area contributed by atoms with Crippen LogP contribution in [0.1, 0.15) is 55.2 Å². The van der Waals surface area contributed by atoms with E-state index in [1.807, 2.05) is 24.3 Å². The quantitative estimate of drug-likeness (QED) is 0.290. The van der Waals surface area contributed by atoms with Crippen LogP contribution in [0, 0.1) is 5.92 Å². The van der Waals surface area contributed by atoms with Crippen LogP contribution < -0.4 is 25.8 Å². The molecule has 0 radical (unpaired) electrons. The monoisotopic (exact) mass is 547 g/mol. The van der Waals surface area contributed by atoms with Crippen molar-refractivity contribution in [2.24, 2.45) is 32.1 Å². The maximum atomic E-state index is 13.3. The van der Waals surface area contributed by atoms with E-state index < -0.39 is 6.04 Å². The minimum atomic E-state index is -0.695. The Kier molecular flexibility index (Phi) is 10.2. The van der Waals surface area contributed by atoms with Gasteiger partial charge in [-0.2, -0.15) is 5.11 Å². The van der Waals surface area contributed by atoms with Crippen LogP contribution in [0.15, 0.2) is 62.9 Å². The summed E-state index contributed by atoms with van der Waals surface area (Å²) in [6, 6.07) is 12.3. The molecule has 0 saturated heterocycles. The van der Waals surface area contributed by atoms with E-state index in [1.54, 1.807) is 25.3 Å². The van der Waals surface area contributed by atoms with Gasteiger partial charge in [0.2, 0.25) is 11.8 Å².